The molecular weight excluding hydrogens is 771 g/mol. The molecule has 3 aliphatic rings. The molecule has 1 amide bonds. The molecule has 0 spiro atoms. The molecule has 0 radical (unpaired) electrons. The monoisotopic (exact) mass is 842 g/mol. The van der Waals surface area contributed by atoms with Crippen molar-refractivity contribution in [2.75, 3.05) is 40.0 Å². The number of amides is 1. The number of ether oxygens (including phenoxy) is 5. The van der Waals surface area contributed by atoms with E-state index < -0.39 is 71.5 Å². The van der Waals surface area contributed by atoms with Crippen LogP contribution in [0.1, 0.15) is 93.9 Å². The van der Waals surface area contributed by atoms with Gasteiger partial charge in [-0.2, -0.15) is 0 Å². The Morgan fingerprint density at radius 2 is 1.78 bits per heavy atom. The largest absolute Gasteiger partial charge is 0.458 e. The molecule has 16 nitrogen and oxygen atoms in total. The number of carbonyl (C=O) groups is 3. The van der Waals surface area contributed by atoms with Crippen molar-refractivity contribution >= 4 is 23.5 Å². The van der Waals surface area contributed by atoms with Gasteiger partial charge in [-0.25, -0.2) is 4.79 Å². The van der Waals surface area contributed by atoms with Crippen LogP contribution < -0.4 is 11.1 Å². The summed E-state index contributed by atoms with van der Waals surface area (Å²) in [6.45, 7) is 16.6. The van der Waals surface area contributed by atoms with E-state index in [1.807, 2.05) is 88.8 Å². The number of nitrogen functional groups attached to an aromatic ring is 1. The molecule has 0 bridgehead atoms. The predicted molar refractivity (Wildman–Crippen MR) is 227 cm³/mol. The number of nitrogens with zero attached hydrogens (tertiary/aromatic N) is 5. The fourth-order valence-electron chi connectivity index (χ4n) is 9.63. The number of benzene rings is 1. The summed E-state index contributed by atoms with van der Waals surface area (Å²) in [6, 6.07) is 6.53. The molecule has 16 heteroatoms. The molecule has 1 aromatic heterocycles. The molecule has 0 saturated carbocycles. The second kappa shape index (κ2) is 20.0. The van der Waals surface area contributed by atoms with Crippen LogP contribution in [0.15, 0.2) is 30.5 Å². The third-order valence-electron chi connectivity index (χ3n) is 13.1. The summed E-state index contributed by atoms with van der Waals surface area (Å²) in [4.78, 5) is 45.9. The Morgan fingerprint density at radius 3 is 2.45 bits per heavy atom. The normalized spacial score (nSPS) is 36.0. The van der Waals surface area contributed by atoms with Gasteiger partial charge in [-0.1, -0.05) is 38.1 Å². The summed E-state index contributed by atoms with van der Waals surface area (Å²) in [6.07, 6.45) is 1.25. The minimum Gasteiger partial charge on any atom is -0.458 e. The van der Waals surface area contributed by atoms with Crippen LogP contribution in [0, 0.1) is 17.8 Å². The molecule has 3 saturated heterocycles. The van der Waals surface area contributed by atoms with Crippen LogP contribution >= 0.6 is 0 Å². The number of aromatic nitrogens is 3. The van der Waals surface area contributed by atoms with Gasteiger partial charge in [0.15, 0.2) is 17.7 Å². The first-order chi connectivity index (χ1) is 28.3. The van der Waals surface area contributed by atoms with Crippen molar-refractivity contribution in [1.82, 2.24) is 30.1 Å². The number of aliphatic hydroxyl groups excluding tert-OH is 1. The highest BCUT2D eigenvalue weighted by molar-refractivity contribution is 6.00. The third kappa shape index (κ3) is 10.5. The number of aryl methyl sites for hydroxylation is 1. The number of nitrogens with two attached hydrogens (primary N) is 1. The number of ketones is 1. The van der Waals surface area contributed by atoms with Gasteiger partial charge in [0.1, 0.15) is 23.8 Å². The Morgan fingerprint density at radius 1 is 1.07 bits per heavy atom. The van der Waals surface area contributed by atoms with E-state index >= 15 is 0 Å². The maximum Gasteiger partial charge on any atom is 0.410 e. The fraction of sp³-hybridized carbons (Fsp3) is 0.750. The van der Waals surface area contributed by atoms with Gasteiger partial charge in [-0.15, -0.1) is 5.10 Å². The number of aliphatic hydroxyl groups is 1. The molecule has 2 aromatic rings. The van der Waals surface area contributed by atoms with E-state index in [0.29, 0.717) is 51.0 Å². The number of hydrogen-bond donors (Lipinski definition) is 3. The summed E-state index contributed by atoms with van der Waals surface area (Å²) >= 11 is 0. The standard InChI is InChI=1S/C44H71N7O9/c1-12-35-44(8)38(51(42(55)60-44)20-15-13-14-19-50-25-33(47-48-50)31-17-16-18-32(45)22-31)30(6)46-24-26(2)23-43(7,56-11)39(28(4)36(52)29(5)40(54)58-35)59-41-37(53)34(49(9)10)21-27(3)57-41/h16-18,22,25-30,34-35,37-39,41,46,53H,12-15,19-21,23-24,45H2,1-11H3/t26-,27?,28+,29-,30-,34?,35-,37?,38-,39-,41+,43-,44-/m1/s1. The average Bonchev–Trinajstić information content (AvgIpc) is 3.78. The highest BCUT2D eigenvalue weighted by Gasteiger charge is 2.58. The van der Waals surface area contributed by atoms with Crippen LogP contribution in [-0.2, 0) is 39.8 Å². The summed E-state index contributed by atoms with van der Waals surface area (Å²) in [5, 5.41) is 23.7. The number of cyclic esters (lactones) is 1. The molecule has 5 rings (SSSR count). The van der Waals surface area contributed by atoms with Gasteiger partial charge >= 0.3 is 12.1 Å². The zero-order valence-electron chi connectivity index (χ0n) is 37.6. The number of hydrogen-bond acceptors (Lipinski definition) is 14. The second-order valence-corrected chi connectivity index (χ2v) is 18.1. The van der Waals surface area contributed by atoms with E-state index in [2.05, 4.69) is 22.6 Å². The first-order valence-corrected chi connectivity index (χ1v) is 21.8. The molecule has 1 aromatic carbocycles. The average molecular weight is 842 g/mol. The maximum absolute atomic E-state index is 14.4. The smallest absolute Gasteiger partial charge is 0.410 e. The molecule has 13 atom stereocenters. The van der Waals surface area contributed by atoms with E-state index in [0.717, 1.165) is 24.1 Å². The van der Waals surface area contributed by atoms with Gasteiger partial charge in [-0.05, 0) is 112 Å². The molecule has 0 aliphatic carbocycles. The van der Waals surface area contributed by atoms with E-state index in [9.17, 15) is 19.5 Å². The number of anilines is 1. The zero-order valence-corrected chi connectivity index (χ0v) is 37.6. The summed E-state index contributed by atoms with van der Waals surface area (Å²) in [7, 11) is 5.40. The highest BCUT2D eigenvalue weighted by atomic mass is 16.7. The van der Waals surface area contributed by atoms with E-state index in [-0.39, 0.29) is 24.1 Å². The molecule has 60 heavy (non-hydrogen) atoms. The number of carbonyl (C=O) groups excluding carboxylic acids is 3. The van der Waals surface area contributed by atoms with Crippen LogP contribution in [0.2, 0.25) is 0 Å². The quantitative estimate of drug-likeness (QED) is 0.116. The van der Waals surface area contributed by atoms with Gasteiger partial charge in [-0.3, -0.25) is 19.2 Å². The number of unbranched alkanes of at least 4 members (excludes halogenated alkanes) is 2. The molecule has 336 valence electrons. The van der Waals surface area contributed by atoms with Gasteiger partial charge in [0, 0.05) is 49.5 Å². The predicted octanol–water partition coefficient (Wildman–Crippen LogP) is 4.67. The second-order valence-electron chi connectivity index (χ2n) is 18.1. The van der Waals surface area contributed by atoms with Crippen molar-refractivity contribution in [3.05, 3.63) is 30.5 Å². The fourth-order valence-corrected chi connectivity index (χ4v) is 9.63. The van der Waals surface area contributed by atoms with Crippen molar-refractivity contribution in [3.63, 3.8) is 0 Å². The van der Waals surface area contributed by atoms with Crippen molar-refractivity contribution in [1.29, 1.82) is 0 Å². The number of rotatable bonds is 12. The number of Topliss-reactive ketones (excluding diaryl/α,β-unsaturated/α-hetero) is 1. The molecule has 3 fully saturated rings. The summed E-state index contributed by atoms with van der Waals surface area (Å²) in [5.74, 6) is -3.14. The minimum atomic E-state index is -1.22. The van der Waals surface area contributed by atoms with Crippen LogP contribution in [0.5, 0.6) is 0 Å². The lowest BCUT2D eigenvalue weighted by Gasteiger charge is -2.46. The lowest BCUT2D eigenvalue weighted by atomic mass is 9.78. The summed E-state index contributed by atoms with van der Waals surface area (Å²) in [5.41, 5.74) is 6.02. The maximum atomic E-state index is 14.4. The number of nitrogens with one attached hydrogen (secondary N) is 1. The lowest BCUT2D eigenvalue weighted by molar-refractivity contribution is -0.295. The SMILES string of the molecule is CC[C@H]1OC(=O)[C@H](C)C(=O)[C@H](C)[C@@H](O[C@@H]2OC(C)CC(N(C)C)C2O)[C@](C)(OC)C[C@@H](C)CN[C@H](C)[C@H]2N(CCCCCn3cc(-c4cccc(N)c4)nn3)C(=O)O[C@]12C. The number of fused-ring (bicyclic) bond motifs is 1. The first kappa shape index (κ1) is 47.4. The Labute approximate surface area is 356 Å². The van der Waals surface area contributed by atoms with Crippen molar-refractivity contribution < 1.29 is 43.2 Å². The van der Waals surface area contributed by atoms with Gasteiger partial charge in [0.05, 0.1) is 30.0 Å². The Kier molecular flexibility index (Phi) is 15.8. The Bertz CT molecular complexity index is 1760. The van der Waals surface area contributed by atoms with Crippen molar-refractivity contribution in [3.8, 4) is 11.3 Å². The van der Waals surface area contributed by atoms with Crippen LogP contribution in [0.25, 0.3) is 11.3 Å². The molecule has 4 N–H and O–H groups in total. The van der Waals surface area contributed by atoms with Crippen molar-refractivity contribution in [2.24, 2.45) is 17.8 Å². The van der Waals surface area contributed by atoms with E-state index in [1.54, 1.807) is 25.9 Å². The summed E-state index contributed by atoms with van der Waals surface area (Å²) < 4.78 is 33.3. The van der Waals surface area contributed by atoms with E-state index in [4.69, 9.17) is 29.4 Å². The first-order valence-electron chi connectivity index (χ1n) is 21.8. The van der Waals surface area contributed by atoms with Gasteiger partial charge < -0.3 is 44.7 Å². The molecule has 3 unspecified atom stereocenters. The molecular formula is C44H71N7O9. The van der Waals surface area contributed by atoms with Gasteiger partial charge in [0.25, 0.3) is 0 Å². The number of esters is 1. The topological polar surface area (TPSA) is 193 Å². The number of methoxy groups -OCH3 is 1. The van der Waals surface area contributed by atoms with Crippen LogP contribution in [0.4, 0.5) is 10.5 Å². The minimum absolute atomic E-state index is 0.00636. The van der Waals surface area contributed by atoms with Gasteiger partial charge in [0.2, 0.25) is 0 Å². The Balaban J connectivity index is 1.35. The van der Waals surface area contributed by atoms with Crippen LogP contribution in [0.3, 0.4) is 0 Å². The Hall–Kier alpha value is -3.67. The molecule has 3 aliphatic heterocycles. The lowest BCUT2D eigenvalue weighted by Crippen LogP contribution is -2.61. The zero-order chi connectivity index (χ0) is 44.1. The number of likely N-dealkylation sites (N-methyl/N-ethyl adjacent to an activating group) is 1. The van der Waals surface area contributed by atoms with Crippen molar-refractivity contribution in [2.45, 2.75) is 160 Å². The van der Waals surface area contributed by atoms with Crippen LogP contribution in [-0.4, -0.2) is 142 Å². The third-order valence-corrected chi connectivity index (χ3v) is 13.1. The highest BCUT2D eigenvalue weighted by Crippen LogP contribution is 2.40. The molecule has 4 heterocycles. The van der Waals surface area contributed by atoms with E-state index in [1.165, 1.54) is 0 Å².